The first kappa shape index (κ1) is 15.4. The molecular weight excluding hydrogens is 244 g/mol. The lowest BCUT2D eigenvalue weighted by molar-refractivity contribution is 0.324. The van der Waals surface area contributed by atoms with Crippen LogP contribution >= 0.6 is 11.8 Å². The average Bonchev–Trinajstić information content (AvgIpc) is 2.62. The largest absolute Gasteiger partial charge is 0.395 e. The third kappa shape index (κ3) is 3.92. The van der Waals surface area contributed by atoms with Crippen LogP contribution in [0.15, 0.2) is 5.03 Å². The van der Waals surface area contributed by atoms with E-state index in [1.807, 2.05) is 18.7 Å². The van der Waals surface area contributed by atoms with Crippen LogP contribution in [0.2, 0.25) is 0 Å². The molecule has 104 valence electrons. The Morgan fingerprint density at radius 1 is 1.28 bits per heavy atom. The Morgan fingerprint density at radius 3 is 2.50 bits per heavy atom. The monoisotopic (exact) mass is 270 g/mol. The molecule has 1 rings (SSSR count). The number of nitrogens with zero attached hydrogens (tertiary/aromatic N) is 3. The smallest absolute Gasteiger partial charge is 0.117 e. The van der Waals surface area contributed by atoms with Crippen molar-refractivity contribution in [2.24, 2.45) is 0 Å². The van der Waals surface area contributed by atoms with E-state index in [-0.39, 0.29) is 0 Å². The highest BCUT2D eigenvalue weighted by Crippen LogP contribution is 2.27. The maximum absolute atomic E-state index is 6.10. The maximum Gasteiger partial charge on any atom is 0.117 e. The molecule has 5 heteroatoms. The lowest BCUT2D eigenvalue weighted by Crippen LogP contribution is -2.25. The van der Waals surface area contributed by atoms with Crippen molar-refractivity contribution in [1.82, 2.24) is 14.7 Å². The Labute approximate surface area is 115 Å². The fourth-order valence-corrected chi connectivity index (χ4v) is 3.03. The third-order valence-electron chi connectivity index (χ3n) is 3.10. The maximum atomic E-state index is 6.10. The van der Waals surface area contributed by atoms with Gasteiger partial charge in [-0.15, -0.1) is 11.8 Å². The highest BCUT2D eigenvalue weighted by Gasteiger charge is 2.12. The summed E-state index contributed by atoms with van der Waals surface area (Å²) in [4.78, 5) is 2.43. The van der Waals surface area contributed by atoms with Crippen molar-refractivity contribution >= 4 is 17.4 Å². The first-order valence-electron chi connectivity index (χ1n) is 6.81. The lowest BCUT2D eigenvalue weighted by atomic mass is 10.4. The molecule has 1 aromatic heterocycles. The molecule has 0 atom stereocenters. The van der Waals surface area contributed by atoms with Crippen molar-refractivity contribution < 1.29 is 0 Å². The number of aromatic nitrogens is 2. The second-order valence-electron chi connectivity index (χ2n) is 4.40. The molecule has 0 radical (unpaired) electrons. The summed E-state index contributed by atoms with van der Waals surface area (Å²) in [6, 6.07) is 0. The number of aryl methyl sites for hydroxylation is 2. The summed E-state index contributed by atoms with van der Waals surface area (Å²) in [6.07, 6.45) is 1.09. The van der Waals surface area contributed by atoms with Crippen LogP contribution in [0.25, 0.3) is 0 Å². The zero-order chi connectivity index (χ0) is 13.5. The molecule has 18 heavy (non-hydrogen) atoms. The fourth-order valence-electron chi connectivity index (χ4n) is 1.90. The van der Waals surface area contributed by atoms with Crippen LogP contribution in [0.1, 0.15) is 32.9 Å². The van der Waals surface area contributed by atoms with Crippen molar-refractivity contribution in [3.63, 3.8) is 0 Å². The van der Waals surface area contributed by atoms with Gasteiger partial charge in [-0.1, -0.05) is 20.8 Å². The lowest BCUT2D eigenvalue weighted by Gasteiger charge is -2.17. The van der Waals surface area contributed by atoms with E-state index in [0.717, 1.165) is 54.8 Å². The van der Waals surface area contributed by atoms with Gasteiger partial charge in [0.1, 0.15) is 5.03 Å². The summed E-state index contributed by atoms with van der Waals surface area (Å²) in [7, 11) is 0. The molecule has 0 unspecified atom stereocenters. The first-order valence-corrected chi connectivity index (χ1v) is 7.80. The van der Waals surface area contributed by atoms with Gasteiger partial charge in [-0.25, -0.2) is 0 Å². The van der Waals surface area contributed by atoms with Gasteiger partial charge >= 0.3 is 0 Å². The molecule has 0 bridgehead atoms. The molecule has 0 aliphatic carbocycles. The summed E-state index contributed by atoms with van der Waals surface area (Å²) in [5, 5.41) is 5.64. The molecule has 0 spiro atoms. The number of hydrogen-bond acceptors (Lipinski definition) is 4. The minimum atomic E-state index is 0.855. The molecule has 1 heterocycles. The second kappa shape index (κ2) is 7.69. The van der Waals surface area contributed by atoms with Gasteiger partial charge in [-0.2, -0.15) is 5.10 Å². The summed E-state index contributed by atoms with van der Waals surface area (Å²) in [5.74, 6) is 1.07. The molecule has 0 amide bonds. The predicted molar refractivity (Wildman–Crippen MR) is 80.2 cm³/mol. The molecule has 0 aliphatic rings. The van der Waals surface area contributed by atoms with Crippen LogP contribution in [0.3, 0.4) is 0 Å². The predicted octanol–water partition coefficient (Wildman–Crippen LogP) is 2.62. The van der Waals surface area contributed by atoms with Crippen molar-refractivity contribution in [2.75, 3.05) is 31.1 Å². The van der Waals surface area contributed by atoms with E-state index in [1.54, 1.807) is 0 Å². The molecule has 4 nitrogen and oxygen atoms in total. The first-order chi connectivity index (χ1) is 8.63. The summed E-state index contributed by atoms with van der Waals surface area (Å²) in [6.45, 7) is 12.8. The molecule has 0 saturated heterocycles. The molecule has 0 saturated carbocycles. The van der Waals surface area contributed by atoms with Gasteiger partial charge in [0.25, 0.3) is 0 Å². The minimum Gasteiger partial charge on any atom is -0.395 e. The third-order valence-corrected chi connectivity index (χ3v) is 4.19. The highest BCUT2D eigenvalue weighted by atomic mass is 32.2. The van der Waals surface area contributed by atoms with E-state index in [9.17, 15) is 0 Å². The molecule has 1 aromatic rings. The van der Waals surface area contributed by atoms with Gasteiger partial charge in [0.2, 0.25) is 0 Å². The van der Waals surface area contributed by atoms with Crippen LogP contribution in [-0.2, 0) is 6.54 Å². The minimum absolute atomic E-state index is 0.855. The molecule has 0 aliphatic heterocycles. The van der Waals surface area contributed by atoms with Crippen LogP contribution in [0.4, 0.5) is 5.69 Å². The van der Waals surface area contributed by atoms with E-state index in [1.165, 1.54) is 0 Å². The van der Waals surface area contributed by atoms with Crippen LogP contribution in [-0.4, -0.2) is 40.1 Å². The summed E-state index contributed by atoms with van der Waals surface area (Å²) < 4.78 is 2.05. The van der Waals surface area contributed by atoms with E-state index < -0.39 is 0 Å². The van der Waals surface area contributed by atoms with E-state index in [2.05, 4.69) is 35.5 Å². The highest BCUT2D eigenvalue weighted by molar-refractivity contribution is 7.99. The van der Waals surface area contributed by atoms with Crippen molar-refractivity contribution in [1.29, 1.82) is 0 Å². The quantitative estimate of drug-likeness (QED) is 0.738. The Balaban J connectivity index is 2.60. The Bertz CT molecular complexity index is 358. The van der Waals surface area contributed by atoms with Gasteiger partial charge < -0.3 is 10.6 Å². The number of thioether (sulfide) groups is 1. The summed E-state index contributed by atoms with van der Waals surface area (Å²) >= 11 is 1.83. The van der Waals surface area contributed by atoms with Crippen LogP contribution in [0, 0.1) is 6.92 Å². The number of nitrogens with two attached hydrogens (primary N) is 1. The zero-order valence-corrected chi connectivity index (χ0v) is 12.9. The van der Waals surface area contributed by atoms with Gasteiger partial charge in [0.15, 0.2) is 0 Å². The van der Waals surface area contributed by atoms with E-state index >= 15 is 0 Å². The topological polar surface area (TPSA) is 47.1 Å². The van der Waals surface area contributed by atoms with Crippen LogP contribution < -0.4 is 5.73 Å². The van der Waals surface area contributed by atoms with Gasteiger partial charge in [0, 0.05) is 18.8 Å². The van der Waals surface area contributed by atoms with Gasteiger partial charge in [-0.3, -0.25) is 4.68 Å². The number of nitrogen functional groups attached to an aromatic ring is 1. The van der Waals surface area contributed by atoms with Gasteiger partial charge in [-0.05, 0) is 26.4 Å². The normalized spacial score (nSPS) is 11.4. The van der Waals surface area contributed by atoms with Crippen LogP contribution in [0.5, 0.6) is 0 Å². The Kier molecular flexibility index (Phi) is 6.57. The number of hydrogen-bond donors (Lipinski definition) is 1. The second-order valence-corrected chi connectivity index (χ2v) is 5.49. The Hall–Kier alpha value is -0.680. The molecule has 0 fully saturated rings. The molecule has 2 N–H and O–H groups in total. The zero-order valence-electron chi connectivity index (χ0n) is 12.1. The number of rotatable bonds is 8. The van der Waals surface area contributed by atoms with Crippen molar-refractivity contribution in [3.8, 4) is 0 Å². The van der Waals surface area contributed by atoms with Crippen molar-refractivity contribution in [2.45, 2.75) is 45.7 Å². The molecular formula is C13H26N4S. The average molecular weight is 270 g/mol. The van der Waals surface area contributed by atoms with E-state index in [4.69, 9.17) is 5.73 Å². The Morgan fingerprint density at radius 2 is 1.94 bits per heavy atom. The fraction of sp³-hybridized carbons (Fsp3) is 0.769. The van der Waals surface area contributed by atoms with E-state index in [0.29, 0.717) is 0 Å². The van der Waals surface area contributed by atoms with Crippen molar-refractivity contribution in [3.05, 3.63) is 5.69 Å². The SMILES string of the molecule is CCCn1nc(C)c(N)c1SCCN(CC)CC. The standard InChI is InChI=1S/C13H26N4S/c1-5-8-17-13(12(14)11(4)15-17)18-10-9-16(6-2)7-3/h5-10,14H2,1-4H3. The summed E-state index contributed by atoms with van der Waals surface area (Å²) in [5.41, 5.74) is 7.91. The molecule has 0 aromatic carbocycles. The van der Waals surface area contributed by atoms with Gasteiger partial charge in [0.05, 0.1) is 11.4 Å². The number of anilines is 1.